The second-order valence-electron chi connectivity index (χ2n) is 6.05. The maximum absolute atomic E-state index is 12.7. The average molecular weight is 336 g/mol. The number of nitrogens with one attached hydrogen (secondary N) is 1. The Labute approximate surface area is 141 Å². The van der Waals surface area contributed by atoms with Gasteiger partial charge in [-0.2, -0.15) is 17.2 Å². The number of nitrogens with zero attached hydrogens (tertiary/aromatic N) is 1. The van der Waals surface area contributed by atoms with Crippen molar-refractivity contribution in [3.8, 4) is 5.75 Å². The fraction of sp³-hybridized carbons (Fsp3) is 0.588. The van der Waals surface area contributed by atoms with Gasteiger partial charge in [0.05, 0.1) is 6.61 Å². The lowest BCUT2D eigenvalue weighted by Gasteiger charge is -2.30. The monoisotopic (exact) mass is 336 g/mol. The van der Waals surface area contributed by atoms with Crippen molar-refractivity contribution < 1.29 is 14.4 Å². The van der Waals surface area contributed by atoms with E-state index in [9.17, 15) is 4.79 Å². The van der Waals surface area contributed by atoms with Crippen LogP contribution in [0.1, 0.15) is 24.8 Å². The van der Waals surface area contributed by atoms with E-state index in [1.807, 2.05) is 47.9 Å². The van der Waals surface area contributed by atoms with Crippen LogP contribution in [0.25, 0.3) is 0 Å². The number of rotatable bonds is 6. The van der Waals surface area contributed by atoms with Crippen molar-refractivity contribution in [3.05, 3.63) is 29.8 Å². The van der Waals surface area contributed by atoms with Crippen LogP contribution in [0.3, 0.4) is 0 Å². The fourth-order valence-corrected chi connectivity index (χ4v) is 4.14. The third-order valence-corrected chi connectivity index (χ3v) is 5.60. The largest absolute Gasteiger partial charge is 0.484 e. The highest BCUT2D eigenvalue weighted by molar-refractivity contribution is 8.00. The van der Waals surface area contributed by atoms with Gasteiger partial charge in [0.2, 0.25) is 0 Å². The molecule has 2 fully saturated rings. The highest BCUT2D eigenvalue weighted by atomic mass is 32.2. The van der Waals surface area contributed by atoms with E-state index >= 15 is 0 Å². The third kappa shape index (κ3) is 4.62. The summed E-state index contributed by atoms with van der Waals surface area (Å²) in [6, 6.07) is 7.77. The average Bonchev–Trinajstić information content (AvgIpc) is 3.25. The minimum Gasteiger partial charge on any atom is -0.484 e. The van der Waals surface area contributed by atoms with Crippen LogP contribution in [0, 0.1) is 6.92 Å². The second-order valence-corrected chi connectivity index (χ2v) is 7.46. The van der Waals surface area contributed by atoms with Gasteiger partial charge in [-0.05, 0) is 37.7 Å². The van der Waals surface area contributed by atoms with Gasteiger partial charge in [0, 0.05) is 18.2 Å². The molecule has 5 nitrogen and oxygen atoms in total. The van der Waals surface area contributed by atoms with Crippen LogP contribution >= 0.6 is 11.8 Å². The predicted octanol–water partition coefficient (Wildman–Crippen LogP) is 2.35. The maximum atomic E-state index is 12.7. The molecule has 0 spiro atoms. The van der Waals surface area contributed by atoms with Gasteiger partial charge in [-0.25, -0.2) is 0 Å². The predicted molar refractivity (Wildman–Crippen MR) is 91.4 cm³/mol. The van der Waals surface area contributed by atoms with E-state index in [0.29, 0.717) is 11.9 Å². The molecule has 2 unspecified atom stereocenters. The summed E-state index contributed by atoms with van der Waals surface area (Å²) in [7, 11) is 0. The Morgan fingerprint density at radius 2 is 2.22 bits per heavy atom. The first-order chi connectivity index (χ1) is 11.2. The van der Waals surface area contributed by atoms with Crippen molar-refractivity contribution in [2.75, 3.05) is 25.5 Å². The molecule has 2 saturated heterocycles. The molecule has 2 heterocycles. The quantitative estimate of drug-likeness (QED) is 0.864. The van der Waals surface area contributed by atoms with Crippen molar-refractivity contribution in [1.82, 2.24) is 10.4 Å². The van der Waals surface area contributed by atoms with Crippen LogP contribution < -0.4 is 10.2 Å². The molecule has 0 radical (unpaired) electrons. The second kappa shape index (κ2) is 8.04. The number of aryl methyl sites for hydroxylation is 1. The molecule has 1 N–H and O–H groups in total. The lowest BCUT2D eigenvalue weighted by atomic mass is 10.2. The van der Waals surface area contributed by atoms with Gasteiger partial charge in [-0.1, -0.05) is 17.7 Å². The van der Waals surface area contributed by atoms with Gasteiger partial charge in [0.15, 0.2) is 6.61 Å². The molecule has 2 atom stereocenters. The Morgan fingerprint density at radius 1 is 1.39 bits per heavy atom. The van der Waals surface area contributed by atoms with Crippen LogP contribution in [0.15, 0.2) is 24.3 Å². The Balaban J connectivity index is 1.58. The Hall–Kier alpha value is -1.24. The van der Waals surface area contributed by atoms with Crippen molar-refractivity contribution in [1.29, 1.82) is 0 Å². The van der Waals surface area contributed by atoms with Crippen LogP contribution in [-0.4, -0.2) is 47.7 Å². The molecule has 0 aliphatic carbocycles. The van der Waals surface area contributed by atoms with Crippen molar-refractivity contribution in [2.24, 2.45) is 0 Å². The molecule has 1 aromatic rings. The molecule has 2 aliphatic rings. The highest BCUT2D eigenvalue weighted by Crippen LogP contribution is 2.27. The molecule has 3 rings (SSSR count). The van der Waals surface area contributed by atoms with Crippen LogP contribution in [-0.2, 0) is 9.63 Å². The number of hydroxylamine groups is 1. The summed E-state index contributed by atoms with van der Waals surface area (Å²) in [4.78, 5) is 19.8. The number of amides is 1. The van der Waals surface area contributed by atoms with Crippen molar-refractivity contribution in [2.45, 2.75) is 37.6 Å². The molecular weight excluding hydrogens is 312 g/mol. The lowest BCUT2D eigenvalue weighted by Crippen LogP contribution is -2.49. The summed E-state index contributed by atoms with van der Waals surface area (Å²) < 4.78 is 5.66. The number of thioether (sulfide) groups is 1. The van der Waals surface area contributed by atoms with E-state index in [0.717, 1.165) is 18.7 Å². The first-order valence-electron chi connectivity index (χ1n) is 8.20. The lowest BCUT2D eigenvalue weighted by molar-refractivity contribution is -0.137. The number of hydrogen-bond acceptors (Lipinski definition) is 5. The summed E-state index contributed by atoms with van der Waals surface area (Å²) >= 11 is 1.96. The molecule has 0 saturated carbocycles. The normalized spacial score (nSPS) is 23.9. The minimum atomic E-state index is -0.0367. The van der Waals surface area contributed by atoms with Gasteiger partial charge >= 0.3 is 0 Å². The molecule has 2 aliphatic heterocycles. The number of ether oxygens (including phenoxy) is 1. The summed E-state index contributed by atoms with van der Waals surface area (Å²) in [5.41, 5.74) is 4.13. The maximum Gasteiger partial charge on any atom is 0.261 e. The number of benzene rings is 1. The van der Waals surface area contributed by atoms with E-state index in [-0.39, 0.29) is 18.7 Å². The zero-order valence-electron chi connectivity index (χ0n) is 13.5. The molecular formula is C17H24N2O3S. The van der Waals surface area contributed by atoms with E-state index < -0.39 is 0 Å². The first kappa shape index (κ1) is 16.6. The molecule has 6 heteroatoms. The van der Waals surface area contributed by atoms with Gasteiger partial charge in [-0.15, -0.1) is 0 Å². The molecule has 1 amide bonds. The summed E-state index contributed by atoms with van der Waals surface area (Å²) in [6.45, 7) is 3.51. The topological polar surface area (TPSA) is 50.8 Å². The summed E-state index contributed by atoms with van der Waals surface area (Å²) in [5.74, 6) is 1.94. The number of hydrogen-bond donors (Lipinski definition) is 1. The fourth-order valence-electron chi connectivity index (χ4n) is 2.88. The van der Waals surface area contributed by atoms with Crippen LogP contribution in [0.2, 0.25) is 0 Å². The number of carbonyl (C=O) groups excluding carboxylic acids is 1. The molecule has 0 aromatic heterocycles. The zero-order valence-corrected chi connectivity index (χ0v) is 14.3. The molecule has 23 heavy (non-hydrogen) atoms. The Bertz CT molecular complexity index is 511. The summed E-state index contributed by atoms with van der Waals surface area (Å²) in [5, 5.41) is 0.528. The van der Waals surface area contributed by atoms with Gasteiger partial charge in [0.25, 0.3) is 5.91 Å². The number of carbonyl (C=O) groups is 1. The standard InChI is InChI=1S/C17H24N2O3S/c1-13-4-6-14(7-5-13)21-12-17(20)19(16-8-9-22-18-16)11-15-3-2-10-23-15/h4-7,15-16,18H,2-3,8-12H2,1H3. The van der Waals surface area contributed by atoms with E-state index in [1.165, 1.54) is 24.2 Å². The van der Waals surface area contributed by atoms with Gasteiger partial charge in [0.1, 0.15) is 11.9 Å². The van der Waals surface area contributed by atoms with Crippen LogP contribution in [0.4, 0.5) is 0 Å². The Kier molecular flexibility index (Phi) is 5.80. The first-order valence-corrected chi connectivity index (χ1v) is 9.25. The smallest absolute Gasteiger partial charge is 0.261 e. The molecule has 0 bridgehead atoms. The molecule has 126 valence electrons. The third-order valence-electron chi connectivity index (χ3n) is 4.22. The van der Waals surface area contributed by atoms with Crippen molar-refractivity contribution in [3.63, 3.8) is 0 Å². The van der Waals surface area contributed by atoms with E-state index in [1.54, 1.807) is 0 Å². The SMILES string of the molecule is Cc1ccc(OCC(=O)N(CC2CCCS2)C2CCON2)cc1. The summed E-state index contributed by atoms with van der Waals surface area (Å²) in [6.07, 6.45) is 3.21. The van der Waals surface area contributed by atoms with Gasteiger partial charge < -0.3 is 9.64 Å². The Morgan fingerprint density at radius 3 is 2.87 bits per heavy atom. The zero-order chi connectivity index (χ0) is 16.1. The van der Waals surface area contributed by atoms with Gasteiger partial charge in [-0.3, -0.25) is 9.63 Å². The minimum absolute atomic E-state index is 0.0149. The molecule has 1 aromatic carbocycles. The van der Waals surface area contributed by atoms with Crippen LogP contribution in [0.5, 0.6) is 5.75 Å². The van der Waals surface area contributed by atoms with E-state index in [2.05, 4.69) is 5.48 Å². The van der Waals surface area contributed by atoms with E-state index in [4.69, 9.17) is 9.57 Å². The van der Waals surface area contributed by atoms with Crippen molar-refractivity contribution >= 4 is 17.7 Å². The highest BCUT2D eigenvalue weighted by Gasteiger charge is 2.30.